The van der Waals surface area contributed by atoms with Gasteiger partial charge in [-0.25, -0.2) is 0 Å². The molecular formula is C24H30N2O4. The number of carbonyl (C=O) groups is 2. The number of anilines is 2. The molecule has 30 heavy (non-hydrogen) atoms. The van der Waals surface area contributed by atoms with E-state index in [4.69, 9.17) is 9.47 Å². The normalized spacial score (nSPS) is 14.1. The first-order chi connectivity index (χ1) is 14.6. The van der Waals surface area contributed by atoms with Gasteiger partial charge in [-0.3, -0.25) is 9.59 Å². The Bertz CT molecular complexity index is 861. The van der Waals surface area contributed by atoms with Crippen LogP contribution in [0.5, 0.6) is 11.5 Å². The van der Waals surface area contributed by atoms with Crippen molar-refractivity contribution in [3.05, 3.63) is 48.0 Å². The molecule has 2 aromatic rings. The Morgan fingerprint density at radius 3 is 2.10 bits per heavy atom. The van der Waals surface area contributed by atoms with Gasteiger partial charge in [0.25, 0.3) is 5.91 Å². The fraction of sp³-hybridized carbons (Fsp3) is 0.417. The smallest absolute Gasteiger partial charge is 0.255 e. The van der Waals surface area contributed by atoms with Crippen LogP contribution in [0.1, 0.15) is 55.3 Å². The van der Waals surface area contributed by atoms with Crippen molar-refractivity contribution in [2.24, 2.45) is 5.92 Å². The molecule has 1 fully saturated rings. The molecule has 0 aromatic heterocycles. The number of nitrogens with one attached hydrogen (secondary N) is 2. The van der Waals surface area contributed by atoms with Gasteiger partial charge < -0.3 is 20.1 Å². The summed E-state index contributed by atoms with van der Waals surface area (Å²) in [5.41, 5.74) is 1.54. The topological polar surface area (TPSA) is 76.7 Å². The molecular weight excluding hydrogens is 380 g/mol. The highest BCUT2D eigenvalue weighted by Gasteiger charge is 2.18. The second kappa shape index (κ2) is 10.7. The van der Waals surface area contributed by atoms with Gasteiger partial charge in [-0.05, 0) is 24.5 Å². The minimum Gasteiger partial charge on any atom is -0.494 e. The van der Waals surface area contributed by atoms with E-state index in [-0.39, 0.29) is 11.8 Å². The molecule has 6 heteroatoms. The fourth-order valence-corrected chi connectivity index (χ4v) is 3.90. The maximum absolute atomic E-state index is 12.5. The second-order valence-corrected chi connectivity index (χ2v) is 7.66. The highest BCUT2D eigenvalue weighted by atomic mass is 16.5. The van der Waals surface area contributed by atoms with Gasteiger partial charge in [-0.15, -0.1) is 0 Å². The van der Waals surface area contributed by atoms with E-state index in [1.807, 2.05) is 6.07 Å². The lowest BCUT2D eigenvalue weighted by molar-refractivity contribution is -0.116. The molecule has 0 saturated heterocycles. The van der Waals surface area contributed by atoms with E-state index in [1.165, 1.54) is 46.3 Å². The predicted octanol–water partition coefficient (Wildman–Crippen LogP) is 5.26. The van der Waals surface area contributed by atoms with Crippen molar-refractivity contribution in [2.45, 2.75) is 44.9 Å². The van der Waals surface area contributed by atoms with Gasteiger partial charge in [0.1, 0.15) is 11.5 Å². The summed E-state index contributed by atoms with van der Waals surface area (Å²) < 4.78 is 10.9. The van der Waals surface area contributed by atoms with Gasteiger partial charge in [-0.2, -0.15) is 0 Å². The van der Waals surface area contributed by atoms with Crippen LogP contribution in [0.4, 0.5) is 11.4 Å². The van der Waals surface area contributed by atoms with Gasteiger partial charge in [-0.1, -0.05) is 50.3 Å². The van der Waals surface area contributed by atoms with Crippen molar-refractivity contribution < 1.29 is 19.1 Å². The minimum atomic E-state index is -0.250. The minimum absolute atomic E-state index is 0.0398. The molecule has 2 N–H and O–H groups in total. The molecule has 1 aliphatic carbocycles. The van der Waals surface area contributed by atoms with Crippen LogP contribution in [-0.4, -0.2) is 26.0 Å². The lowest BCUT2D eigenvalue weighted by Gasteiger charge is -2.21. The molecule has 160 valence electrons. The third-order valence-electron chi connectivity index (χ3n) is 5.58. The van der Waals surface area contributed by atoms with Crippen molar-refractivity contribution in [1.29, 1.82) is 0 Å². The number of ether oxygens (including phenoxy) is 2. The largest absolute Gasteiger partial charge is 0.494 e. The highest BCUT2D eigenvalue weighted by Crippen LogP contribution is 2.37. The van der Waals surface area contributed by atoms with Crippen LogP contribution >= 0.6 is 0 Å². The first kappa shape index (κ1) is 21.7. The zero-order chi connectivity index (χ0) is 21.3. The summed E-state index contributed by atoms with van der Waals surface area (Å²) in [5, 5.41) is 5.78. The van der Waals surface area contributed by atoms with E-state index in [0.29, 0.717) is 40.8 Å². The lowest BCUT2D eigenvalue weighted by atomic mass is 9.86. The SMILES string of the molecule is COc1cc(NC(=O)c2ccccc2)c(OC)cc1NC(=O)CCC1CCCCC1. The molecule has 0 heterocycles. The molecule has 0 spiro atoms. The Labute approximate surface area is 178 Å². The second-order valence-electron chi connectivity index (χ2n) is 7.66. The Kier molecular flexibility index (Phi) is 7.71. The summed E-state index contributed by atoms with van der Waals surface area (Å²) in [7, 11) is 3.05. The van der Waals surface area contributed by atoms with Crippen LogP contribution in [0.2, 0.25) is 0 Å². The number of methoxy groups -OCH3 is 2. The number of benzene rings is 2. The monoisotopic (exact) mass is 410 g/mol. The summed E-state index contributed by atoms with van der Waals surface area (Å²) in [6.45, 7) is 0. The van der Waals surface area contributed by atoms with Crippen molar-refractivity contribution >= 4 is 23.2 Å². The summed E-state index contributed by atoms with van der Waals surface area (Å²) in [6, 6.07) is 12.3. The maximum atomic E-state index is 12.5. The maximum Gasteiger partial charge on any atom is 0.255 e. The average Bonchev–Trinajstić information content (AvgIpc) is 2.79. The van der Waals surface area contributed by atoms with Crippen molar-refractivity contribution in [1.82, 2.24) is 0 Å². The molecule has 3 rings (SSSR count). The number of hydrogen-bond acceptors (Lipinski definition) is 4. The van der Waals surface area contributed by atoms with Gasteiger partial charge >= 0.3 is 0 Å². The molecule has 1 saturated carbocycles. The van der Waals surface area contributed by atoms with E-state index >= 15 is 0 Å². The van der Waals surface area contributed by atoms with Crippen molar-refractivity contribution in [2.75, 3.05) is 24.9 Å². The Morgan fingerprint density at radius 2 is 1.50 bits per heavy atom. The van der Waals surface area contributed by atoms with E-state index in [1.54, 1.807) is 36.4 Å². The van der Waals surface area contributed by atoms with Crippen LogP contribution in [0.25, 0.3) is 0 Å². The van der Waals surface area contributed by atoms with E-state index < -0.39 is 0 Å². The highest BCUT2D eigenvalue weighted by molar-refractivity contribution is 6.05. The average molecular weight is 411 g/mol. The molecule has 2 aromatic carbocycles. The van der Waals surface area contributed by atoms with Crippen LogP contribution < -0.4 is 20.1 Å². The third-order valence-corrected chi connectivity index (χ3v) is 5.58. The fourth-order valence-electron chi connectivity index (χ4n) is 3.90. The molecule has 2 amide bonds. The van der Waals surface area contributed by atoms with Gasteiger partial charge in [0.15, 0.2) is 0 Å². The number of rotatable bonds is 8. The molecule has 1 aliphatic rings. The van der Waals surface area contributed by atoms with Gasteiger partial charge in [0.05, 0.1) is 25.6 Å². The Balaban J connectivity index is 1.69. The predicted molar refractivity (Wildman–Crippen MR) is 118 cm³/mol. The zero-order valence-electron chi connectivity index (χ0n) is 17.7. The van der Waals surface area contributed by atoms with Gasteiger partial charge in [0, 0.05) is 24.1 Å². The zero-order valence-corrected chi connectivity index (χ0v) is 17.7. The molecule has 0 atom stereocenters. The summed E-state index contributed by atoms with van der Waals surface area (Å²) in [5.74, 6) is 1.27. The first-order valence-electron chi connectivity index (χ1n) is 10.5. The molecule has 0 unspecified atom stereocenters. The summed E-state index contributed by atoms with van der Waals surface area (Å²) in [6.07, 6.45) is 7.70. The van der Waals surface area contributed by atoms with Crippen molar-refractivity contribution in [3.8, 4) is 11.5 Å². The van der Waals surface area contributed by atoms with Crippen molar-refractivity contribution in [3.63, 3.8) is 0 Å². The quantitative estimate of drug-likeness (QED) is 0.623. The van der Waals surface area contributed by atoms with Crippen LogP contribution in [0, 0.1) is 5.92 Å². The van der Waals surface area contributed by atoms with E-state index in [9.17, 15) is 9.59 Å². The molecule has 0 radical (unpaired) electrons. The Hall–Kier alpha value is -3.02. The molecule has 0 bridgehead atoms. The van der Waals surface area contributed by atoms with E-state index in [2.05, 4.69) is 10.6 Å². The van der Waals surface area contributed by atoms with E-state index in [0.717, 1.165) is 6.42 Å². The number of hydrogen-bond donors (Lipinski definition) is 2. The van der Waals surface area contributed by atoms with Gasteiger partial charge in [0.2, 0.25) is 5.91 Å². The van der Waals surface area contributed by atoms with Crippen LogP contribution in [0.3, 0.4) is 0 Å². The first-order valence-corrected chi connectivity index (χ1v) is 10.5. The standard InChI is InChI=1S/C24H30N2O4/c1-29-21-16-20(26-24(28)18-11-7-4-8-12-18)22(30-2)15-19(21)25-23(27)14-13-17-9-5-3-6-10-17/h4,7-8,11-12,15-17H,3,5-6,9-10,13-14H2,1-2H3,(H,25,27)(H,26,28). The van der Waals surface area contributed by atoms with Crippen LogP contribution in [-0.2, 0) is 4.79 Å². The molecule has 6 nitrogen and oxygen atoms in total. The summed E-state index contributed by atoms with van der Waals surface area (Å²) >= 11 is 0. The molecule has 0 aliphatic heterocycles. The lowest BCUT2D eigenvalue weighted by Crippen LogP contribution is -2.16. The Morgan fingerprint density at radius 1 is 0.900 bits per heavy atom. The third kappa shape index (κ3) is 5.75. The van der Waals surface area contributed by atoms with Crippen LogP contribution in [0.15, 0.2) is 42.5 Å². The number of amides is 2. The number of carbonyl (C=O) groups excluding carboxylic acids is 2. The summed E-state index contributed by atoms with van der Waals surface area (Å²) in [4.78, 5) is 25.0.